The lowest BCUT2D eigenvalue weighted by Gasteiger charge is -2.24. The maximum absolute atomic E-state index is 14.4. The molecule has 0 radical (unpaired) electrons. The number of alkyl halides is 2. The summed E-state index contributed by atoms with van der Waals surface area (Å²) in [5.74, 6) is -1.94. The molecule has 256 valence electrons. The van der Waals surface area contributed by atoms with Crippen LogP contribution in [0.25, 0.3) is 21.5 Å². The molecule has 6 rings (SSSR count). The summed E-state index contributed by atoms with van der Waals surface area (Å²) < 4.78 is 62.8. The van der Waals surface area contributed by atoms with Crippen molar-refractivity contribution in [2.45, 2.75) is 51.6 Å². The molecule has 5 aromatic rings. The Hall–Kier alpha value is -4.21. The molecule has 0 spiro atoms. The maximum Gasteiger partial charge on any atom is 0.282 e. The summed E-state index contributed by atoms with van der Waals surface area (Å²) in [5, 5.41) is 11.3. The van der Waals surface area contributed by atoms with Gasteiger partial charge < -0.3 is 16.4 Å². The number of amidine groups is 1. The van der Waals surface area contributed by atoms with Gasteiger partial charge in [-0.1, -0.05) is 17.7 Å². The Bertz CT molecular complexity index is 2080. The number of nitrogens with zero attached hydrogens (tertiary/aromatic N) is 5. The molecule has 1 aliphatic rings. The molecule has 16 heteroatoms. The summed E-state index contributed by atoms with van der Waals surface area (Å²) in [7, 11) is 1.71. The van der Waals surface area contributed by atoms with Crippen molar-refractivity contribution in [2.75, 3.05) is 18.6 Å². The highest BCUT2D eigenvalue weighted by Gasteiger charge is 2.30. The summed E-state index contributed by atoms with van der Waals surface area (Å²) >= 11 is 9.22. The summed E-state index contributed by atoms with van der Waals surface area (Å²) in [6, 6.07) is 7.51. The van der Waals surface area contributed by atoms with Crippen LogP contribution in [-0.2, 0) is 30.6 Å². The Kier molecular flexibility index (Phi) is 10.1. The number of pyridine rings is 1. The molecule has 1 atom stereocenters. The average Bonchev–Trinajstić information content (AvgIpc) is 3.75. The normalized spacial score (nSPS) is 13.7. The Morgan fingerprint density at radius 1 is 1.12 bits per heavy atom. The number of nitrogens with two attached hydrogens (primary N) is 1. The third-order valence-electron chi connectivity index (χ3n) is 8.23. The highest BCUT2D eigenvalue weighted by atomic mass is 35.5. The van der Waals surface area contributed by atoms with E-state index in [2.05, 4.69) is 25.1 Å². The zero-order valence-corrected chi connectivity index (χ0v) is 29.0. The number of hydrogen-bond donors (Lipinski definition) is 3. The molecule has 49 heavy (non-hydrogen) atoms. The molecule has 0 bridgehead atoms. The van der Waals surface area contributed by atoms with Gasteiger partial charge in [-0.05, 0) is 74.4 Å². The molecule has 0 saturated heterocycles. The fraction of sp³-hybridized carbons (Fsp3) is 0.303. The van der Waals surface area contributed by atoms with Crippen LogP contribution in [0.2, 0.25) is 5.02 Å². The average molecular weight is 731 g/mol. The van der Waals surface area contributed by atoms with Gasteiger partial charge in [-0.3, -0.25) is 9.48 Å². The Balaban J connectivity index is 1.50. The van der Waals surface area contributed by atoms with Crippen molar-refractivity contribution in [3.8, 4) is 11.1 Å². The predicted molar refractivity (Wildman–Crippen MR) is 187 cm³/mol. The van der Waals surface area contributed by atoms with Gasteiger partial charge in [0.25, 0.3) is 6.43 Å². The number of anilines is 1. The molecule has 1 unspecified atom stereocenters. The number of hydrogen-bond acceptors (Lipinski definition) is 8. The van der Waals surface area contributed by atoms with E-state index in [0.29, 0.717) is 69.3 Å². The number of nitrogens with one attached hydrogen (secondary N) is 2. The van der Waals surface area contributed by atoms with Gasteiger partial charge >= 0.3 is 0 Å². The maximum atomic E-state index is 14.4. The predicted octanol–water partition coefficient (Wildman–Crippen LogP) is 7.35. The van der Waals surface area contributed by atoms with E-state index >= 15 is 0 Å². The second-order valence-corrected chi connectivity index (χ2v) is 13.6. The van der Waals surface area contributed by atoms with Crippen LogP contribution in [0.3, 0.4) is 0 Å². The number of amides is 1. The number of thiazole rings is 1. The standard InChI is InChI=1S/C33H31ClF4N8OS2/c1-15-41-33-25(49-15)13-21(19-7-8-22(34)27(29(19)40-2)32(39)45-48-3)28(43-33)23(11-16-9-17(35)12-18(36)10-16)42-26(47)14-46-24-6-4-5-20(24)30(44-46)31(37)38/h7-10,12-13,23,31,40H,4-6,11,14H2,1-3H3,(H2,39,45)(H,42,47). The van der Waals surface area contributed by atoms with Crippen LogP contribution < -0.4 is 16.4 Å². The van der Waals surface area contributed by atoms with Gasteiger partial charge in [-0.2, -0.15) is 9.50 Å². The van der Waals surface area contributed by atoms with Crippen molar-refractivity contribution in [3.05, 3.63) is 91.8 Å². The van der Waals surface area contributed by atoms with Crippen molar-refractivity contribution in [1.29, 1.82) is 0 Å². The molecule has 1 aliphatic carbocycles. The minimum atomic E-state index is -2.77. The second-order valence-electron chi connectivity index (χ2n) is 11.5. The lowest BCUT2D eigenvalue weighted by Crippen LogP contribution is -2.34. The van der Waals surface area contributed by atoms with E-state index in [1.807, 2.05) is 13.0 Å². The number of carbonyl (C=O) groups excluding carboxylic acids is 1. The first-order valence-corrected chi connectivity index (χ1v) is 17.6. The van der Waals surface area contributed by atoms with E-state index in [4.69, 9.17) is 22.3 Å². The summed E-state index contributed by atoms with van der Waals surface area (Å²) in [4.78, 5) is 23.3. The lowest BCUT2D eigenvalue weighted by atomic mass is 9.92. The Morgan fingerprint density at radius 2 is 1.88 bits per heavy atom. The number of aromatic nitrogens is 4. The highest BCUT2D eigenvalue weighted by Crippen LogP contribution is 2.41. The fourth-order valence-corrected chi connectivity index (χ4v) is 7.68. The number of aryl methyl sites for hydroxylation is 1. The van der Waals surface area contributed by atoms with Crippen LogP contribution in [0.4, 0.5) is 23.2 Å². The first-order chi connectivity index (χ1) is 23.5. The zero-order chi connectivity index (χ0) is 35.0. The minimum Gasteiger partial charge on any atom is -0.387 e. The van der Waals surface area contributed by atoms with Gasteiger partial charge in [-0.15, -0.1) is 11.3 Å². The van der Waals surface area contributed by atoms with Crippen molar-refractivity contribution in [1.82, 2.24) is 25.1 Å². The second kappa shape index (κ2) is 14.3. The van der Waals surface area contributed by atoms with Gasteiger partial charge in [-0.25, -0.2) is 27.5 Å². The summed E-state index contributed by atoms with van der Waals surface area (Å²) in [5.41, 5.74) is 10.3. The van der Waals surface area contributed by atoms with Crippen LogP contribution in [0, 0.1) is 18.6 Å². The van der Waals surface area contributed by atoms with Gasteiger partial charge in [0, 0.05) is 41.8 Å². The van der Waals surface area contributed by atoms with Crippen LogP contribution in [0.5, 0.6) is 0 Å². The first kappa shape index (κ1) is 34.6. The Labute approximate surface area is 292 Å². The molecule has 0 aliphatic heterocycles. The molecule has 2 aromatic carbocycles. The Morgan fingerprint density at radius 3 is 2.57 bits per heavy atom. The van der Waals surface area contributed by atoms with Crippen LogP contribution in [0.1, 0.15) is 57.7 Å². The van der Waals surface area contributed by atoms with Crippen molar-refractivity contribution < 1.29 is 22.4 Å². The van der Waals surface area contributed by atoms with E-state index in [1.54, 1.807) is 25.4 Å². The lowest BCUT2D eigenvalue weighted by molar-refractivity contribution is -0.122. The SMILES string of the molecule is CNc1c(-c2cc3sc(C)nc3nc2C(Cc2cc(F)cc(F)c2)NC(=O)Cn2nc(C(F)F)c3c2CCC3)ccc(Cl)c1/C(N)=N/SC. The van der Waals surface area contributed by atoms with Crippen molar-refractivity contribution >= 4 is 62.7 Å². The molecule has 3 heterocycles. The smallest absolute Gasteiger partial charge is 0.282 e. The van der Waals surface area contributed by atoms with E-state index < -0.39 is 30.0 Å². The van der Waals surface area contributed by atoms with Gasteiger partial charge in [0.05, 0.1) is 37.7 Å². The highest BCUT2D eigenvalue weighted by molar-refractivity contribution is 7.97. The summed E-state index contributed by atoms with van der Waals surface area (Å²) in [6.07, 6.45) is 0.598. The van der Waals surface area contributed by atoms with E-state index in [9.17, 15) is 22.4 Å². The third kappa shape index (κ3) is 7.10. The van der Waals surface area contributed by atoms with Crippen LogP contribution in [0.15, 0.2) is 40.8 Å². The van der Waals surface area contributed by atoms with Crippen LogP contribution >= 0.6 is 34.9 Å². The molecule has 4 N–H and O–H groups in total. The largest absolute Gasteiger partial charge is 0.387 e. The monoisotopic (exact) mass is 730 g/mol. The number of halogens is 5. The molecule has 0 saturated carbocycles. The molecule has 9 nitrogen and oxygen atoms in total. The fourth-order valence-electron chi connectivity index (χ4n) is 6.32. The molecular formula is C33H31ClF4N8OS2. The van der Waals surface area contributed by atoms with E-state index in [1.165, 1.54) is 40.1 Å². The molecule has 1 amide bonds. The van der Waals surface area contributed by atoms with Crippen molar-refractivity contribution in [3.63, 3.8) is 0 Å². The molecule has 3 aromatic heterocycles. The minimum absolute atomic E-state index is 0.0695. The third-order valence-corrected chi connectivity index (χ3v) is 9.83. The molecule has 0 fully saturated rings. The van der Waals surface area contributed by atoms with E-state index in [0.717, 1.165) is 15.8 Å². The molecular weight excluding hydrogens is 700 g/mol. The quantitative estimate of drug-likeness (QED) is 0.0562. The number of benzene rings is 2. The van der Waals surface area contributed by atoms with Gasteiger partial charge in [0.1, 0.15) is 29.7 Å². The van der Waals surface area contributed by atoms with Gasteiger partial charge in [0.15, 0.2) is 5.65 Å². The number of carbonyl (C=O) groups is 1. The zero-order valence-electron chi connectivity index (χ0n) is 26.6. The number of rotatable bonds is 11. The topological polar surface area (TPSA) is 123 Å². The van der Waals surface area contributed by atoms with E-state index in [-0.39, 0.29) is 30.1 Å². The van der Waals surface area contributed by atoms with Gasteiger partial charge in [0.2, 0.25) is 5.91 Å². The summed E-state index contributed by atoms with van der Waals surface area (Å²) in [6.45, 7) is 1.50. The first-order valence-electron chi connectivity index (χ1n) is 15.2. The van der Waals surface area contributed by atoms with Crippen molar-refractivity contribution in [2.24, 2.45) is 10.1 Å². The number of fused-ring (bicyclic) bond motifs is 2. The van der Waals surface area contributed by atoms with Crippen LogP contribution in [-0.4, -0.2) is 44.8 Å².